The summed E-state index contributed by atoms with van der Waals surface area (Å²) in [6, 6.07) is 8.63. The number of carbonyl (C=O) groups excluding carboxylic acids is 3. The minimum atomic E-state index is -0.887. The summed E-state index contributed by atoms with van der Waals surface area (Å²) in [6.07, 6.45) is 11.8. The molecule has 0 saturated heterocycles. The van der Waals surface area contributed by atoms with Crippen molar-refractivity contribution in [2.75, 3.05) is 13.1 Å². The van der Waals surface area contributed by atoms with Gasteiger partial charge < -0.3 is 32.1 Å². The molecular formula is C35H47N5O4. The van der Waals surface area contributed by atoms with Gasteiger partial charge in [0.05, 0.1) is 6.04 Å². The zero-order chi connectivity index (χ0) is 31.6. The van der Waals surface area contributed by atoms with E-state index in [1.165, 1.54) is 0 Å². The van der Waals surface area contributed by atoms with E-state index in [2.05, 4.69) is 22.8 Å². The van der Waals surface area contributed by atoms with Crippen molar-refractivity contribution in [1.82, 2.24) is 15.5 Å². The van der Waals surface area contributed by atoms with E-state index in [0.29, 0.717) is 32.4 Å². The van der Waals surface area contributed by atoms with Crippen LogP contribution >= 0.6 is 0 Å². The van der Waals surface area contributed by atoms with Gasteiger partial charge in [0.1, 0.15) is 17.8 Å². The minimum Gasteiger partial charge on any atom is -0.508 e. The van der Waals surface area contributed by atoms with Gasteiger partial charge in [-0.15, -0.1) is 0 Å². The molecule has 44 heavy (non-hydrogen) atoms. The molecule has 3 amide bonds. The molecule has 0 saturated carbocycles. The molecule has 1 aliphatic carbocycles. The second kappa shape index (κ2) is 15.7. The number of nitrogens with two attached hydrogens (primary N) is 2. The summed E-state index contributed by atoms with van der Waals surface area (Å²) < 4.78 is 0. The monoisotopic (exact) mass is 601 g/mol. The molecule has 1 aliphatic heterocycles. The number of phenolic OH excluding ortho intramolecular Hbond substituents is 1. The SMILES string of the molecule is Cc1cc(O)cc(C)c1CC(N)C(=O)N1Cc2ccccc2CC1C(=O)NC(CCCCN)C(=O)NCC1=CCCCC=C1. The van der Waals surface area contributed by atoms with Crippen LogP contribution in [0.3, 0.4) is 0 Å². The highest BCUT2D eigenvalue weighted by atomic mass is 16.3. The molecule has 0 radical (unpaired) electrons. The van der Waals surface area contributed by atoms with Crippen molar-refractivity contribution < 1.29 is 19.5 Å². The van der Waals surface area contributed by atoms with Crippen LogP contribution in [0.15, 0.2) is 60.2 Å². The predicted octanol–water partition coefficient (Wildman–Crippen LogP) is 3.23. The quantitative estimate of drug-likeness (QED) is 0.236. The summed E-state index contributed by atoms with van der Waals surface area (Å²) >= 11 is 0. The van der Waals surface area contributed by atoms with E-state index in [9.17, 15) is 19.5 Å². The van der Waals surface area contributed by atoms with Crippen LogP contribution in [-0.4, -0.2) is 58.9 Å². The summed E-state index contributed by atoms with van der Waals surface area (Å²) in [5, 5.41) is 15.9. The number of aromatic hydroxyl groups is 1. The standard InChI is InChI=1S/C35H47N5O4/c1-23-17-28(41)18-24(2)29(23)20-30(37)35(44)40-22-27-14-8-7-13-26(27)19-32(40)34(43)39-31(15-9-10-16-36)33(42)38-21-25-11-5-3-4-6-12-25/h5,7-8,11-14,17-18,30-32,41H,3-4,6,9-10,15-16,19-22,36-37H2,1-2H3,(H,38,42)(H,39,43). The number of nitrogens with one attached hydrogen (secondary N) is 2. The van der Waals surface area contributed by atoms with Crippen molar-refractivity contribution in [3.8, 4) is 5.75 Å². The third kappa shape index (κ3) is 8.57. The lowest BCUT2D eigenvalue weighted by Gasteiger charge is -2.38. The Hall–Kier alpha value is -3.95. The Balaban J connectivity index is 1.52. The first-order valence-electron chi connectivity index (χ1n) is 15.7. The Kier molecular flexibility index (Phi) is 11.7. The third-order valence-corrected chi connectivity index (χ3v) is 8.62. The van der Waals surface area contributed by atoms with Gasteiger partial charge in [0, 0.05) is 19.5 Å². The molecule has 0 spiro atoms. The fourth-order valence-corrected chi connectivity index (χ4v) is 6.10. The van der Waals surface area contributed by atoms with Crippen molar-refractivity contribution >= 4 is 17.7 Å². The Labute approximate surface area is 260 Å². The summed E-state index contributed by atoms with van der Waals surface area (Å²) in [5.74, 6) is -0.792. The molecule has 0 fully saturated rings. The molecule has 4 rings (SSSR count). The average molecular weight is 602 g/mol. The van der Waals surface area contributed by atoms with Gasteiger partial charge in [-0.3, -0.25) is 14.4 Å². The minimum absolute atomic E-state index is 0.167. The predicted molar refractivity (Wildman–Crippen MR) is 173 cm³/mol. The summed E-state index contributed by atoms with van der Waals surface area (Å²) in [7, 11) is 0. The molecule has 9 heteroatoms. The number of hydrogen-bond donors (Lipinski definition) is 5. The van der Waals surface area contributed by atoms with Gasteiger partial charge in [-0.2, -0.15) is 0 Å². The van der Waals surface area contributed by atoms with Crippen LogP contribution in [0.25, 0.3) is 0 Å². The zero-order valence-corrected chi connectivity index (χ0v) is 26.0. The molecule has 1 heterocycles. The first kappa shape index (κ1) is 33.0. The highest BCUT2D eigenvalue weighted by molar-refractivity contribution is 5.93. The summed E-state index contributed by atoms with van der Waals surface area (Å²) in [5.41, 5.74) is 17.9. The van der Waals surface area contributed by atoms with E-state index in [0.717, 1.165) is 59.1 Å². The van der Waals surface area contributed by atoms with Gasteiger partial charge in [0.2, 0.25) is 17.7 Å². The van der Waals surface area contributed by atoms with E-state index in [4.69, 9.17) is 11.5 Å². The number of fused-ring (bicyclic) bond motifs is 1. The maximum Gasteiger partial charge on any atom is 0.243 e. The Bertz CT molecular complexity index is 1380. The number of hydrogen-bond acceptors (Lipinski definition) is 6. The summed E-state index contributed by atoms with van der Waals surface area (Å²) in [4.78, 5) is 42.8. The van der Waals surface area contributed by atoms with E-state index < -0.39 is 18.1 Å². The molecule has 2 aliphatic rings. The molecule has 2 aromatic carbocycles. The molecule has 0 bridgehead atoms. The number of unbranched alkanes of at least 4 members (excludes halogenated alkanes) is 1. The van der Waals surface area contributed by atoms with Gasteiger partial charge in [-0.1, -0.05) is 42.5 Å². The van der Waals surface area contributed by atoms with Crippen molar-refractivity contribution in [2.45, 2.75) is 89.9 Å². The largest absolute Gasteiger partial charge is 0.508 e. The van der Waals surface area contributed by atoms with Gasteiger partial charge in [-0.05, 0) is 111 Å². The molecule has 7 N–H and O–H groups in total. The molecule has 3 unspecified atom stereocenters. The number of amides is 3. The number of allylic oxidation sites excluding steroid dienone is 2. The molecule has 3 atom stereocenters. The smallest absolute Gasteiger partial charge is 0.243 e. The van der Waals surface area contributed by atoms with Crippen LogP contribution in [0.4, 0.5) is 0 Å². The average Bonchev–Trinajstić information content (AvgIpc) is 3.29. The van der Waals surface area contributed by atoms with Crippen LogP contribution in [0.1, 0.15) is 66.3 Å². The molecule has 0 aromatic heterocycles. The normalized spacial score (nSPS) is 17.6. The Morgan fingerprint density at radius 3 is 2.52 bits per heavy atom. The Morgan fingerprint density at radius 1 is 1.07 bits per heavy atom. The number of phenols is 1. The molecule has 2 aromatic rings. The van der Waals surface area contributed by atoms with E-state index in [-0.39, 0.29) is 36.4 Å². The van der Waals surface area contributed by atoms with Crippen molar-refractivity contribution in [3.63, 3.8) is 0 Å². The molecule has 236 valence electrons. The van der Waals surface area contributed by atoms with Crippen LogP contribution in [0, 0.1) is 13.8 Å². The summed E-state index contributed by atoms with van der Waals surface area (Å²) in [6.45, 7) is 4.90. The number of carbonyl (C=O) groups is 3. The lowest BCUT2D eigenvalue weighted by Crippen LogP contribution is -2.59. The third-order valence-electron chi connectivity index (χ3n) is 8.62. The first-order chi connectivity index (χ1) is 21.2. The second-order valence-corrected chi connectivity index (χ2v) is 12.0. The van der Waals surface area contributed by atoms with E-state index >= 15 is 0 Å². The maximum atomic E-state index is 13.9. The Morgan fingerprint density at radius 2 is 1.80 bits per heavy atom. The van der Waals surface area contributed by atoms with Crippen LogP contribution in [0.5, 0.6) is 5.75 Å². The second-order valence-electron chi connectivity index (χ2n) is 12.0. The van der Waals surface area contributed by atoms with Crippen molar-refractivity contribution in [2.24, 2.45) is 11.5 Å². The van der Waals surface area contributed by atoms with Gasteiger partial charge in [0.15, 0.2) is 0 Å². The van der Waals surface area contributed by atoms with E-state index in [1.54, 1.807) is 17.0 Å². The lowest BCUT2D eigenvalue weighted by molar-refractivity contribution is -0.143. The number of nitrogens with zero attached hydrogens (tertiary/aromatic N) is 1. The lowest BCUT2D eigenvalue weighted by atomic mass is 9.91. The van der Waals surface area contributed by atoms with Gasteiger partial charge in [0.25, 0.3) is 0 Å². The highest BCUT2D eigenvalue weighted by Crippen LogP contribution is 2.26. The number of benzene rings is 2. The molecular weight excluding hydrogens is 554 g/mol. The maximum absolute atomic E-state index is 13.9. The topological polar surface area (TPSA) is 151 Å². The van der Waals surface area contributed by atoms with Crippen LogP contribution in [-0.2, 0) is 33.8 Å². The van der Waals surface area contributed by atoms with Crippen LogP contribution < -0.4 is 22.1 Å². The van der Waals surface area contributed by atoms with Crippen LogP contribution in [0.2, 0.25) is 0 Å². The van der Waals surface area contributed by atoms with Gasteiger partial charge >= 0.3 is 0 Å². The number of aryl methyl sites for hydroxylation is 2. The van der Waals surface area contributed by atoms with Gasteiger partial charge in [-0.25, -0.2) is 0 Å². The highest BCUT2D eigenvalue weighted by Gasteiger charge is 2.38. The fraction of sp³-hybridized carbons (Fsp3) is 0.457. The first-order valence-corrected chi connectivity index (χ1v) is 15.7. The number of rotatable bonds is 12. The fourth-order valence-electron chi connectivity index (χ4n) is 6.10. The van der Waals surface area contributed by atoms with Crippen molar-refractivity contribution in [1.29, 1.82) is 0 Å². The van der Waals surface area contributed by atoms with Crippen molar-refractivity contribution in [3.05, 3.63) is 88.0 Å². The van der Waals surface area contributed by atoms with E-state index in [1.807, 2.05) is 44.2 Å². The zero-order valence-electron chi connectivity index (χ0n) is 26.0. The molecule has 9 nitrogen and oxygen atoms in total.